The SMILES string of the molecule is CCC(CC)NC(=O)CCSc1ccc(F)cc1. The number of carbonyl (C=O) groups is 1. The third-order valence-electron chi connectivity index (χ3n) is 2.76. The van der Waals surface area contributed by atoms with Crippen molar-refractivity contribution in [3.8, 4) is 0 Å². The van der Waals surface area contributed by atoms with E-state index in [9.17, 15) is 9.18 Å². The van der Waals surface area contributed by atoms with Crippen LogP contribution in [0.15, 0.2) is 29.2 Å². The molecule has 0 heterocycles. The van der Waals surface area contributed by atoms with Crippen molar-refractivity contribution in [2.75, 3.05) is 5.75 Å². The molecule has 0 aliphatic heterocycles. The predicted molar refractivity (Wildman–Crippen MR) is 74.3 cm³/mol. The maximum Gasteiger partial charge on any atom is 0.221 e. The van der Waals surface area contributed by atoms with Gasteiger partial charge in [-0.3, -0.25) is 4.79 Å². The summed E-state index contributed by atoms with van der Waals surface area (Å²) in [5.41, 5.74) is 0. The summed E-state index contributed by atoms with van der Waals surface area (Å²) in [5.74, 6) is 0.585. The zero-order chi connectivity index (χ0) is 13.4. The van der Waals surface area contributed by atoms with Gasteiger partial charge in [0.1, 0.15) is 5.82 Å². The van der Waals surface area contributed by atoms with Gasteiger partial charge < -0.3 is 5.32 Å². The van der Waals surface area contributed by atoms with Gasteiger partial charge in [0.2, 0.25) is 5.91 Å². The van der Waals surface area contributed by atoms with Crippen molar-refractivity contribution in [2.45, 2.75) is 44.0 Å². The van der Waals surface area contributed by atoms with Crippen molar-refractivity contribution in [2.24, 2.45) is 0 Å². The topological polar surface area (TPSA) is 29.1 Å². The molecule has 0 aromatic heterocycles. The van der Waals surface area contributed by atoms with Crippen LogP contribution >= 0.6 is 11.8 Å². The van der Waals surface area contributed by atoms with Crippen LogP contribution in [0.4, 0.5) is 4.39 Å². The Morgan fingerprint density at radius 2 is 1.89 bits per heavy atom. The maximum absolute atomic E-state index is 12.7. The van der Waals surface area contributed by atoms with Crippen LogP contribution in [-0.2, 0) is 4.79 Å². The lowest BCUT2D eigenvalue weighted by molar-refractivity contribution is -0.121. The Kier molecular flexibility index (Phi) is 6.80. The molecule has 100 valence electrons. The van der Waals surface area contributed by atoms with Gasteiger partial charge in [-0.15, -0.1) is 11.8 Å². The van der Waals surface area contributed by atoms with E-state index in [0.717, 1.165) is 23.5 Å². The molecule has 0 saturated carbocycles. The largest absolute Gasteiger partial charge is 0.353 e. The molecular formula is C14H20FNOS. The number of thioether (sulfide) groups is 1. The summed E-state index contributed by atoms with van der Waals surface area (Å²) in [6, 6.07) is 6.63. The van der Waals surface area contributed by atoms with Gasteiger partial charge in [0, 0.05) is 23.1 Å². The molecule has 0 unspecified atom stereocenters. The number of nitrogens with one attached hydrogen (secondary N) is 1. The fourth-order valence-corrected chi connectivity index (χ4v) is 2.44. The minimum atomic E-state index is -0.231. The summed E-state index contributed by atoms with van der Waals surface area (Å²) >= 11 is 1.57. The van der Waals surface area contributed by atoms with Crippen LogP contribution in [0.2, 0.25) is 0 Å². The minimum absolute atomic E-state index is 0.0957. The molecule has 1 aromatic carbocycles. The summed E-state index contributed by atoms with van der Waals surface area (Å²) in [5, 5.41) is 3.00. The van der Waals surface area contributed by atoms with Crippen LogP contribution in [0, 0.1) is 5.82 Å². The molecule has 1 N–H and O–H groups in total. The molecule has 4 heteroatoms. The van der Waals surface area contributed by atoms with E-state index in [4.69, 9.17) is 0 Å². The number of rotatable bonds is 7. The van der Waals surface area contributed by atoms with Crippen molar-refractivity contribution >= 4 is 17.7 Å². The predicted octanol–water partition coefficient (Wildman–Crippen LogP) is 3.61. The zero-order valence-electron chi connectivity index (χ0n) is 10.9. The van der Waals surface area contributed by atoms with E-state index in [2.05, 4.69) is 19.2 Å². The summed E-state index contributed by atoms with van der Waals surface area (Å²) in [7, 11) is 0. The summed E-state index contributed by atoms with van der Waals surface area (Å²) in [4.78, 5) is 12.6. The lowest BCUT2D eigenvalue weighted by Gasteiger charge is -2.14. The zero-order valence-corrected chi connectivity index (χ0v) is 11.7. The second-order valence-electron chi connectivity index (χ2n) is 4.13. The van der Waals surface area contributed by atoms with Crippen LogP contribution in [0.3, 0.4) is 0 Å². The van der Waals surface area contributed by atoms with Crippen LogP contribution in [0.1, 0.15) is 33.1 Å². The van der Waals surface area contributed by atoms with Crippen LogP contribution < -0.4 is 5.32 Å². The van der Waals surface area contributed by atoms with E-state index in [1.165, 1.54) is 12.1 Å². The lowest BCUT2D eigenvalue weighted by Crippen LogP contribution is -2.33. The summed E-state index contributed by atoms with van der Waals surface area (Å²) < 4.78 is 12.7. The molecule has 0 atom stereocenters. The van der Waals surface area contributed by atoms with E-state index in [-0.39, 0.29) is 17.8 Å². The fourth-order valence-electron chi connectivity index (χ4n) is 1.59. The van der Waals surface area contributed by atoms with E-state index in [0.29, 0.717) is 6.42 Å². The van der Waals surface area contributed by atoms with Crippen molar-refractivity contribution in [3.63, 3.8) is 0 Å². The number of hydrogen-bond acceptors (Lipinski definition) is 2. The van der Waals surface area contributed by atoms with Gasteiger partial charge in [-0.2, -0.15) is 0 Å². The Balaban J connectivity index is 2.25. The number of halogens is 1. The Bertz CT molecular complexity index is 363. The van der Waals surface area contributed by atoms with E-state index in [1.54, 1.807) is 23.9 Å². The van der Waals surface area contributed by atoms with Gasteiger partial charge in [-0.05, 0) is 37.1 Å². The maximum atomic E-state index is 12.7. The second kappa shape index (κ2) is 8.14. The average Bonchev–Trinajstić information content (AvgIpc) is 2.38. The standard InChI is InChI=1S/C14H20FNOS/c1-3-12(4-2)16-14(17)9-10-18-13-7-5-11(15)6-8-13/h5-8,12H,3-4,9-10H2,1-2H3,(H,16,17). The van der Waals surface area contributed by atoms with Gasteiger partial charge in [-0.25, -0.2) is 4.39 Å². The smallest absolute Gasteiger partial charge is 0.221 e. The molecule has 2 nitrogen and oxygen atoms in total. The fraction of sp³-hybridized carbons (Fsp3) is 0.500. The number of amides is 1. The normalized spacial score (nSPS) is 10.7. The van der Waals surface area contributed by atoms with Crippen LogP contribution in [-0.4, -0.2) is 17.7 Å². The Hall–Kier alpha value is -1.03. The molecule has 1 rings (SSSR count). The molecule has 0 aliphatic rings. The molecule has 0 bridgehead atoms. The first-order valence-electron chi connectivity index (χ1n) is 6.33. The average molecular weight is 269 g/mol. The molecular weight excluding hydrogens is 249 g/mol. The summed E-state index contributed by atoms with van der Waals surface area (Å²) in [6.07, 6.45) is 2.43. The van der Waals surface area contributed by atoms with Gasteiger partial charge >= 0.3 is 0 Å². The first-order chi connectivity index (χ1) is 8.65. The van der Waals surface area contributed by atoms with Gasteiger partial charge in [0.25, 0.3) is 0 Å². The van der Waals surface area contributed by atoms with Crippen LogP contribution in [0.5, 0.6) is 0 Å². The molecule has 0 fully saturated rings. The molecule has 0 spiro atoms. The van der Waals surface area contributed by atoms with Gasteiger partial charge in [0.05, 0.1) is 0 Å². The highest BCUT2D eigenvalue weighted by Gasteiger charge is 2.07. The molecule has 0 aliphatic carbocycles. The Morgan fingerprint density at radius 1 is 1.28 bits per heavy atom. The first kappa shape index (κ1) is 15.0. The third kappa shape index (κ3) is 5.54. The second-order valence-corrected chi connectivity index (χ2v) is 5.30. The molecule has 0 radical (unpaired) electrons. The van der Waals surface area contributed by atoms with Crippen molar-refractivity contribution < 1.29 is 9.18 Å². The monoisotopic (exact) mass is 269 g/mol. The van der Waals surface area contributed by atoms with E-state index in [1.807, 2.05) is 0 Å². The van der Waals surface area contributed by atoms with E-state index < -0.39 is 0 Å². The van der Waals surface area contributed by atoms with Crippen molar-refractivity contribution in [1.29, 1.82) is 0 Å². The van der Waals surface area contributed by atoms with Gasteiger partial charge in [0.15, 0.2) is 0 Å². The molecule has 1 amide bonds. The molecule has 18 heavy (non-hydrogen) atoms. The quantitative estimate of drug-likeness (QED) is 0.766. The Labute approximate surface area is 112 Å². The highest BCUT2D eigenvalue weighted by atomic mass is 32.2. The number of benzene rings is 1. The van der Waals surface area contributed by atoms with E-state index >= 15 is 0 Å². The summed E-state index contributed by atoms with van der Waals surface area (Å²) in [6.45, 7) is 4.14. The van der Waals surface area contributed by atoms with Crippen molar-refractivity contribution in [3.05, 3.63) is 30.1 Å². The molecule has 0 saturated heterocycles. The minimum Gasteiger partial charge on any atom is -0.353 e. The molecule has 1 aromatic rings. The third-order valence-corrected chi connectivity index (χ3v) is 3.78. The highest BCUT2D eigenvalue weighted by molar-refractivity contribution is 7.99. The highest BCUT2D eigenvalue weighted by Crippen LogP contribution is 2.18. The van der Waals surface area contributed by atoms with Gasteiger partial charge in [-0.1, -0.05) is 13.8 Å². The Morgan fingerprint density at radius 3 is 2.44 bits per heavy atom. The van der Waals surface area contributed by atoms with Crippen LogP contribution in [0.25, 0.3) is 0 Å². The first-order valence-corrected chi connectivity index (χ1v) is 7.32. The number of carbonyl (C=O) groups excluding carboxylic acids is 1. The van der Waals surface area contributed by atoms with Crippen molar-refractivity contribution in [1.82, 2.24) is 5.32 Å². The number of hydrogen-bond donors (Lipinski definition) is 1. The lowest BCUT2D eigenvalue weighted by atomic mass is 10.2.